The van der Waals surface area contributed by atoms with E-state index in [1.54, 1.807) is 18.2 Å². The quantitative estimate of drug-likeness (QED) is 0.574. The SMILES string of the molecule is CC(C)(C)OC(=O)NCCNNc1c(Cl)cccc1Cl. The lowest BCUT2D eigenvalue weighted by Gasteiger charge is -2.19. The molecular formula is C13H19Cl2N3O2. The summed E-state index contributed by atoms with van der Waals surface area (Å²) >= 11 is 12.0. The van der Waals surface area contributed by atoms with Crippen molar-refractivity contribution in [2.75, 3.05) is 18.5 Å². The molecule has 1 aromatic rings. The molecule has 1 aromatic carbocycles. The maximum atomic E-state index is 11.4. The molecule has 0 aliphatic rings. The van der Waals surface area contributed by atoms with Crippen molar-refractivity contribution in [3.05, 3.63) is 28.2 Å². The normalized spacial score (nSPS) is 11.1. The molecule has 0 bridgehead atoms. The fraction of sp³-hybridized carbons (Fsp3) is 0.462. The van der Waals surface area contributed by atoms with Crippen LogP contribution in [0.3, 0.4) is 0 Å². The van der Waals surface area contributed by atoms with Gasteiger partial charge in [-0.05, 0) is 32.9 Å². The molecule has 0 aromatic heterocycles. The molecule has 0 saturated carbocycles. The minimum Gasteiger partial charge on any atom is -0.444 e. The molecule has 0 aliphatic heterocycles. The number of ether oxygens (including phenoxy) is 1. The van der Waals surface area contributed by atoms with Gasteiger partial charge >= 0.3 is 6.09 Å². The summed E-state index contributed by atoms with van der Waals surface area (Å²) in [5.74, 6) is 0. The average Bonchev–Trinajstić information content (AvgIpc) is 2.29. The molecule has 0 radical (unpaired) electrons. The molecule has 0 spiro atoms. The van der Waals surface area contributed by atoms with Crippen molar-refractivity contribution in [3.8, 4) is 0 Å². The third kappa shape index (κ3) is 6.32. The highest BCUT2D eigenvalue weighted by atomic mass is 35.5. The first-order valence-electron chi connectivity index (χ1n) is 6.19. The zero-order valence-electron chi connectivity index (χ0n) is 11.7. The van der Waals surface area contributed by atoms with Gasteiger partial charge in [-0.15, -0.1) is 0 Å². The lowest BCUT2D eigenvalue weighted by atomic mass is 10.2. The van der Waals surface area contributed by atoms with Gasteiger partial charge in [-0.25, -0.2) is 10.2 Å². The van der Waals surface area contributed by atoms with Crippen LogP contribution in [0.1, 0.15) is 20.8 Å². The Hall–Kier alpha value is -1.17. The second-order valence-corrected chi connectivity index (χ2v) is 5.89. The fourth-order valence-corrected chi connectivity index (χ4v) is 1.80. The minimum absolute atomic E-state index is 0.407. The molecule has 1 rings (SSSR count). The van der Waals surface area contributed by atoms with E-state index >= 15 is 0 Å². The van der Waals surface area contributed by atoms with Gasteiger partial charge in [0.2, 0.25) is 0 Å². The van der Waals surface area contributed by atoms with Gasteiger partial charge in [0.25, 0.3) is 0 Å². The standard InChI is InChI=1S/C13H19Cl2N3O2/c1-13(2,3)20-12(19)16-7-8-17-18-11-9(14)5-4-6-10(11)15/h4-6,17-18H,7-8H2,1-3H3,(H,16,19). The Kier molecular flexibility index (Phi) is 6.39. The van der Waals surface area contributed by atoms with E-state index in [2.05, 4.69) is 16.2 Å². The average molecular weight is 320 g/mol. The van der Waals surface area contributed by atoms with Gasteiger partial charge in [0.15, 0.2) is 0 Å². The Bertz CT molecular complexity index is 441. The monoisotopic (exact) mass is 319 g/mol. The minimum atomic E-state index is -0.499. The molecular weight excluding hydrogens is 301 g/mol. The molecule has 3 N–H and O–H groups in total. The number of carbonyl (C=O) groups excluding carboxylic acids is 1. The number of alkyl carbamates (subject to hydrolysis) is 1. The van der Waals surface area contributed by atoms with Crippen LogP contribution < -0.4 is 16.2 Å². The van der Waals surface area contributed by atoms with E-state index in [4.69, 9.17) is 27.9 Å². The number of amides is 1. The van der Waals surface area contributed by atoms with Gasteiger partial charge in [0.05, 0.1) is 15.7 Å². The van der Waals surface area contributed by atoms with Crippen molar-refractivity contribution >= 4 is 35.0 Å². The van der Waals surface area contributed by atoms with Gasteiger partial charge in [0.1, 0.15) is 5.60 Å². The van der Waals surface area contributed by atoms with Crippen LogP contribution >= 0.6 is 23.2 Å². The highest BCUT2D eigenvalue weighted by molar-refractivity contribution is 6.39. The molecule has 0 atom stereocenters. The van der Waals surface area contributed by atoms with E-state index in [1.807, 2.05) is 20.8 Å². The zero-order valence-corrected chi connectivity index (χ0v) is 13.2. The molecule has 20 heavy (non-hydrogen) atoms. The number of carbonyl (C=O) groups is 1. The number of nitrogens with one attached hydrogen (secondary N) is 3. The molecule has 1 amide bonds. The van der Waals surface area contributed by atoms with Crippen LogP contribution in [-0.2, 0) is 4.74 Å². The summed E-state index contributed by atoms with van der Waals surface area (Å²) in [4.78, 5) is 11.4. The molecule has 5 nitrogen and oxygen atoms in total. The highest BCUT2D eigenvalue weighted by Gasteiger charge is 2.15. The van der Waals surface area contributed by atoms with Gasteiger partial charge in [-0.2, -0.15) is 0 Å². The Morgan fingerprint density at radius 1 is 1.20 bits per heavy atom. The van der Waals surface area contributed by atoms with E-state index in [1.165, 1.54) is 0 Å². The number of hydrazine groups is 1. The smallest absolute Gasteiger partial charge is 0.407 e. The van der Waals surface area contributed by atoms with Gasteiger partial charge < -0.3 is 15.5 Å². The third-order valence-corrected chi connectivity index (χ3v) is 2.72. The van der Waals surface area contributed by atoms with Crippen LogP contribution in [-0.4, -0.2) is 24.8 Å². The lowest BCUT2D eigenvalue weighted by Crippen LogP contribution is -2.37. The van der Waals surface area contributed by atoms with E-state index in [0.29, 0.717) is 28.8 Å². The molecule has 112 valence electrons. The molecule has 7 heteroatoms. The maximum Gasteiger partial charge on any atom is 0.407 e. The van der Waals surface area contributed by atoms with Crippen LogP contribution in [0.5, 0.6) is 0 Å². The predicted molar refractivity (Wildman–Crippen MR) is 82.3 cm³/mol. The van der Waals surface area contributed by atoms with E-state index in [-0.39, 0.29) is 0 Å². The summed E-state index contributed by atoms with van der Waals surface area (Å²) in [5, 5.41) is 3.66. The first kappa shape index (κ1) is 16.9. The van der Waals surface area contributed by atoms with Crippen LogP contribution in [0, 0.1) is 0 Å². The second kappa shape index (κ2) is 7.57. The Balaban J connectivity index is 2.24. The summed E-state index contributed by atoms with van der Waals surface area (Å²) in [7, 11) is 0. The Morgan fingerprint density at radius 2 is 1.80 bits per heavy atom. The van der Waals surface area contributed by atoms with Crippen LogP contribution in [0.15, 0.2) is 18.2 Å². The molecule has 0 unspecified atom stereocenters. The number of para-hydroxylation sites is 1. The number of halogens is 2. The van der Waals surface area contributed by atoms with Crippen molar-refractivity contribution in [1.29, 1.82) is 0 Å². The molecule has 0 fully saturated rings. The molecule has 0 heterocycles. The van der Waals surface area contributed by atoms with Gasteiger partial charge in [0, 0.05) is 13.1 Å². The Morgan fingerprint density at radius 3 is 2.35 bits per heavy atom. The van der Waals surface area contributed by atoms with Crippen LogP contribution in [0.25, 0.3) is 0 Å². The van der Waals surface area contributed by atoms with Crippen LogP contribution in [0.2, 0.25) is 10.0 Å². The number of hydrogen-bond donors (Lipinski definition) is 3. The van der Waals surface area contributed by atoms with Crippen molar-refractivity contribution in [3.63, 3.8) is 0 Å². The van der Waals surface area contributed by atoms with Crippen LogP contribution in [0.4, 0.5) is 10.5 Å². The molecule has 0 aliphatic carbocycles. The largest absolute Gasteiger partial charge is 0.444 e. The maximum absolute atomic E-state index is 11.4. The highest BCUT2D eigenvalue weighted by Crippen LogP contribution is 2.28. The lowest BCUT2D eigenvalue weighted by molar-refractivity contribution is 0.0528. The van der Waals surface area contributed by atoms with Gasteiger partial charge in [-0.3, -0.25) is 0 Å². The van der Waals surface area contributed by atoms with Gasteiger partial charge in [-0.1, -0.05) is 29.3 Å². The summed E-state index contributed by atoms with van der Waals surface area (Å²) in [6.07, 6.45) is -0.449. The topological polar surface area (TPSA) is 62.4 Å². The number of rotatable bonds is 5. The molecule has 0 saturated heterocycles. The number of anilines is 1. The van der Waals surface area contributed by atoms with Crippen molar-refractivity contribution in [2.24, 2.45) is 0 Å². The number of hydrogen-bond acceptors (Lipinski definition) is 4. The van der Waals surface area contributed by atoms with Crippen molar-refractivity contribution in [1.82, 2.24) is 10.7 Å². The Labute approximate surface area is 128 Å². The fourth-order valence-electron chi connectivity index (χ4n) is 1.31. The first-order valence-corrected chi connectivity index (χ1v) is 6.95. The van der Waals surface area contributed by atoms with E-state index in [0.717, 1.165) is 0 Å². The van der Waals surface area contributed by atoms with E-state index < -0.39 is 11.7 Å². The summed E-state index contributed by atoms with van der Waals surface area (Å²) < 4.78 is 5.10. The first-order chi connectivity index (χ1) is 9.29. The second-order valence-electron chi connectivity index (χ2n) is 5.08. The summed E-state index contributed by atoms with van der Waals surface area (Å²) in [5.41, 5.74) is 5.92. The van der Waals surface area contributed by atoms with E-state index in [9.17, 15) is 4.79 Å². The van der Waals surface area contributed by atoms with Crippen molar-refractivity contribution < 1.29 is 9.53 Å². The summed E-state index contributed by atoms with van der Waals surface area (Å²) in [6.45, 7) is 6.33. The summed E-state index contributed by atoms with van der Waals surface area (Å²) in [6, 6.07) is 5.23. The predicted octanol–water partition coefficient (Wildman–Crippen LogP) is 3.43. The zero-order chi connectivity index (χ0) is 15.2. The number of benzene rings is 1. The van der Waals surface area contributed by atoms with Crippen molar-refractivity contribution in [2.45, 2.75) is 26.4 Å². The third-order valence-electron chi connectivity index (χ3n) is 2.09.